The van der Waals surface area contributed by atoms with E-state index < -0.39 is 6.29 Å². The fourth-order valence-corrected chi connectivity index (χ4v) is 0.548. The summed E-state index contributed by atoms with van der Waals surface area (Å²) in [6.07, 6.45) is 0.996. The van der Waals surface area contributed by atoms with E-state index in [-0.39, 0.29) is 0 Å². The van der Waals surface area contributed by atoms with Crippen molar-refractivity contribution in [3.63, 3.8) is 0 Å². The molecule has 52 valence electrons. The van der Waals surface area contributed by atoms with Crippen LogP contribution in [-0.2, 0) is 0 Å². The average Bonchev–Trinajstić information content (AvgIpc) is 1.83. The van der Waals surface area contributed by atoms with Crippen LogP contribution in [0.4, 0.5) is 0 Å². The highest BCUT2D eigenvalue weighted by Crippen LogP contribution is 1.92. The van der Waals surface area contributed by atoms with Crippen LogP contribution in [0.3, 0.4) is 0 Å². The lowest BCUT2D eigenvalue weighted by atomic mass is 10.7. The molecule has 0 spiro atoms. The highest BCUT2D eigenvalue weighted by Gasteiger charge is 2.16. The van der Waals surface area contributed by atoms with Crippen molar-refractivity contribution in [3.05, 3.63) is 0 Å². The largest absolute Gasteiger partial charge is 0.296 e. The van der Waals surface area contributed by atoms with Crippen molar-refractivity contribution in [1.29, 1.82) is 0 Å². The highest BCUT2D eigenvalue weighted by molar-refractivity contribution is 5.54. The van der Waals surface area contributed by atoms with E-state index in [9.17, 15) is 0 Å². The van der Waals surface area contributed by atoms with Gasteiger partial charge >= 0.3 is 0 Å². The summed E-state index contributed by atoms with van der Waals surface area (Å²) in [6, 6.07) is 0. The molecule has 1 unspecified atom stereocenters. The molecule has 0 amide bonds. The van der Waals surface area contributed by atoms with Crippen LogP contribution in [-0.4, -0.2) is 29.3 Å². The monoisotopic (exact) mass is 130 g/mol. The molecule has 0 aliphatic carbocycles. The zero-order chi connectivity index (χ0) is 6.85. The first-order chi connectivity index (χ1) is 4.22. The van der Waals surface area contributed by atoms with Gasteiger partial charge in [-0.05, 0) is 0 Å². The highest BCUT2D eigenvalue weighted by atomic mass is 15.6. The fraction of sp³-hybridized carbons (Fsp3) is 0.667. The summed E-state index contributed by atoms with van der Waals surface area (Å²) in [7, 11) is 0. The maximum absolute atomic E-state index is 5.43. The first-order valence-electron chi connectivity index (χ1n) is 2.51. The minimum Gasteiger partial charge on any atom is -0.296 e. The molecular weight excluding hydrogens is 120 g/mol. The molecule has 0 bridgehead atoms. The van der Waals surface area contributed by atoms with Crippen molar-refractivity contribution in [1.82, 2.24) is 10.0 Å². The average molecular weight is 130 g/mol. The van der Waals surface area contributed by atoms with Gasteiger partial charge in [-0.15, -0.1) is 0 Å². The smallest absolute Gasteiger partial charge is 0.163 e. The number of rotatable bonds is 0. The normalized spacial score (nSPS) is 29.2. The standard InChI is InChI=1S/C3H10N6/c4-3-8(5)1-7-2-9(3)6/h1,3H,2,4-6H2. The van der Waals surface area contributed by atoms with Crippen LogP contribution < -0.4 is 17.4 Å². The SMILES string of the molecule is NC1N(N)C=NCN1N. The van der Waals surface area contributed by atoms with Gasteiger partial charge in [0.1, 0.15) is 13.0 Å². The third-order valence-corrected chi connectivity index (χ3v) is 1.11. The molecular formula is C3H10N6. The van der Waals surface area contributed by atoms with Crippen LogP contribution in [0.1, 0.15) is 0 Å². The molecule has 1 aliphatic heterocycles. The van der Waals surface area contributed by atoms with Crippen molar-refractivity contribution in [2.45, 2.75) is 6.29 Å². The zero-order valence-corrected chi connectivity index (χ0v) is 4.94. The lowest BCUT2D eigenvalue weighted by Gasteiger charge is -2.31. The van der Waals surface area contributed by atoms with Crippen molar-refractivity contribution in [3.8, 4) is 0 Å². The van der Waals surface area contributed by atoms with Gasteiger partial charge in [0.2, 0.25) is 0 Å². The number of hydrazine groups is 2. The number of aliphatic imine (C=N–C) groups is 1. The number of hydrogen-bond donors (Lipinski definition) is 3. The van der Waals surface area contributed by atoms with Crippen molar-refractivity contribution >= 4 is 6.34 Å². The molecule has 9 heavy (non-hydrogen) atoms. The van der Waals surface area contributed by atoms with Gasteiger partial charge in [-0.1, -0.05) is 0 Å². The lowest BCUT2D eigenvalue weighted by molar-refractivity contribution is 0.0887. The van der Waals surface area contributed by atoms with Gasteiger partial charge in [0.25, 0.3) is 0 Å². The van der Waals surface area contributed by atoms with Crippen molar-refractivity contribution < 1.29 is 0 Å². The summed E-state index contributed by atoms with van der Waals surface area (Å²) in [4.78, 5) is 3.79. The van der Waals surface area contributed by atoms with Crippen LogP contribution >= 0.6 is 0 Å². The maximum Gasteiger partial charge on any atom is 0.163 e. The Labute approximate surface area is 52.8 Å². The molecule has 6 N–H and O–H groups in total. The van der Waals surface area contributed by atoms with E-state index in [1.54, 1.807) is 0 Å². The third-order valence-electron chi connectivity index (χ3n) is 1.11. The predicted molar refractivity (Wildman–Crippen MR) is 33.4 cm³/mol. The Balaban J connectivity index is 2.58. The Bertz CT molecular complexity index is 121. The topological polar surface area (TPSA) is 96.9 Å². The molecule has 0 aromatic heterocycles. The second-order valence-electron chi connectivity index (χ2n) is 1.81. The second kappa shape index (κ2) is 2.28. The molecule has 1 rings (SSSR count). The number of nitrogens with zero attached hydrogens (tertiary/aromatic N) is 3. The van der Waals surface area contributed by atoms with Gasteiger partial charge < -0.3 is 0 Å². The molecule has 0 saturated heterocycles. The molecule has 6 heteroatoms. The molecule has 6 nitrogen and oxygen atoms in total. The van der Waals surface area contributed by atoms with Gasteiger partial charge in [-0.25, -0.2) is 5.84 Å². The molecule has 1 atom stereocenters. The van der Waals surface area contributed by atoms with Gasteiger partial charge in [-0.3, -0.25) is 21.6 Å². The molecule has 0 fully saturated rings. The first kappa shape index (κ1) is 6.43. The quantitative estimate of drug-likeness (QED) is 0.317. The van der Waals surface area contributed by atoms with Crippen LogP contribution in [0.5, 0.6) is 0 Å². The summed E-state index contributed by atoms with van der Waals surface area (Å²) in [6.45, 7) is 0.398. The van der Waals surface area contributed by atoms with Gasteiger partial charge in [0, 0.05) is 0 Å². The number of nitrogens with two attached hydrogens (primary N) is 3. The summed E-state index contributed by atoms with van der Waals surface area (Å²) in [5.74, 6) is 10.6. The molecule has 1 aliphatic rings. The summed E-state index contributed by atoms with van der Waals surface area (Å²) in [5, 5.41) is 2.57. The van der Waals surface area contributed by atoms with Crippen LogP contribution in [0.25, 0.3) is 0 Å². The minimum absolute atomic E-state index is 0.398. The van der Waals surface area contributed by atoms with Crippen molar-refractivity contribution in [2.75, 3.05) is 6.67 Å². The second-order valence-corrected chi connectivity index (χ2v) is 1.81. The molecule has 0 radical (unpaired) electrons. The first-order valence-corrected chi connectivity index (χ1v) is 2.51. The van der Waals surface area contributed by atoms with E-state index in [1.807, 2.05) is 0 Å². The zero-order valence-electron chi connectivity index (χ0n) is 4.94. The molecule has 0 saturated carbocycles. The Kier molecular flexibility index (Phi) is 1.63. The summed E-state index contributed by atoms with van der Waals surface area (Å²) < 4.78 is 0. The molecule has 0 aromatic carbocycles. The van der Waals surface area contributed by atoms with E-state index in [1.165, 1.54) is 16.4 Å². The van der Waals surface area contributed by atoms with Gasteiger partial charge in [0.15, 0.2) is 6.29 Å². The van der Waals surface area contributed by atoms with Crippen molar-refractivity contribution in [2.24, 2.45) is 22.4 Å². The summed E-state index contributed by atoms with van der Waals surface area (Å²) in [5.41, 5.74) is 5.43. The van der Waals surface area contributed by atoms with Gasteiger partial charge in [0.05, 0.1) is 0 Å². The van der Waals surface area contributed by atoms with E-state index in [0.29, 0.717) is 6.67 Å². The van der Waals surface area contributed by atoms with E-state index in [2.05, 4.69) is 4.99 Å². The summed E-state index contributed by atoms with van der Waals surface area (Å²) >= 11 is 0. The predicted octanol–water partition coefficient (Wildman–Crippen LogP) is -2.42. The van der Waals surface area contributed by atoms with Crippen LogP contribution in [0.15, 0.2) is 4.99 Å². The van der Waals surface area contributed by atoms with Gasteiger partial charge in [-0.2, -0.15) is 5.01 Å². The van der Waals surface area contributed by atoms with E-state index >= 15 is 0 Å². The maximum atomic E-state index is 5.43. The molecule has 0 aromatic rings. The third kappa shape index (κ3) is 1.16. The lowest BCUT2D eigenvalue weighted by Crippen LogP contribution is -2.61. The molecule has 1 heterocycles. The van der Waals surface area contributed by atoms with Crippen LogP contribution in [0, 0.1) is 0 Å². The Morgan fingerprint density at radius 2 is 2.22 bits per heavy atom. The Hall–Kier alpha value is -0.690. The number of hydrogen-bond acceptors (Lipinski definition) is 6. The fourth-order valence-electron chi connectivity index (χ4n) is 0.548. The van der Waals surface area contributed by atoms with E-state index in [4.69, 9.17) is 17.4 Å². The Morgan fingerprint density at radius 3 is 2.67 bits per heavy atom. The van der Waals surface area contributed by atoms with Crippen LogP contribution in [0.2, 0.25) is 0 Å². The Morgan fingerprint density at radius 1 is 1.56 bits per heavy atom. The minimum atomic E-state index is -0.456. The van der Waals surface area contributed by atoms with E-state index in [0.717, 1.165) is 0 Å².